The van der Waals surface area contributed by atoms with Gasteiger partial charge in [0.25, 0.3) is 0 Å². The molecule has 0 atom stereocenters. The molecule has 0 bridgehead atoms. The molecule has 0 N–H and O–H groups in total. The van der Waals surface area contributed by atoms with E-state index >= 15 is 0 Å². The Hall–Kier alpha value is -8.01. The number of hydrogen-bond acceptors (Lipinski definition) is 3. The van der Waals surface area contributed by atoms with Gasteiger partial charge in [0.2, 0.25) is 0 Å². The zero-order chi connectivity index (χ0) is 47.7. The molecule has 3 nitrogen and oxygen atoms in total. The Balaban J connectivity index is 0.000000129. The van der Waals surface area contributed by atoms with Gasteiger partial charge in [-0.05, 0) is 79.1 Å². The van der Waals surface area contributed by atoms with Crippen LogP contribution in [0.25, 0.3) is 56.2 Å². The van der Waals surface area contributed by atoms with Gasteiger partial charge in [0, 0.05) is 16.5 Å². The van der Waals surface area contributed by atoms with Gasteiger partial charge in [0.15, 0.2) is 11.6 Å². The minimum absolute atomic E-state index is 0.151. The summed E-state index contributed by atoms with van der Waals surface area (Å²) in [7, 11) is 0. The molecule has 0 fully saturated rings. The quantitative estimate of drug-likeness (QED) is 0.177. The van der Waals surface area contributed by atoms with Crippen LogP contribution in [0.2, 0.25) is 0 Å². The van der Waals surface area contributed by atoms with E-state index in [1.807, 2.05) is 97.9 Å². The fourth-order valence-electron chi connectivity index (χ4n) is 8.10. The molecule has 336 valence electrons. The van der Waals surface area contributed by atoms with E-state index in [-0.39, 0.29) is 5.41 Å². The van der Waals surface area contributed by atoms with Crippen molar-refractivity contribution < 1.29 is 0 Å². The molecule has 0 aliphatic heterocycles. The highest BCUT2D eigenvalue weighted by molar-refractivity contribution is 5.81. The molecular formula is C65H61N3. The third-order valence-corrected chi connectivity index (χ3v) is 11.8. The zero-order valence-electron chi connectivity index (χ0n) is 40.4. The highest BCUT2D eigenvalue weighted by atomic mass is 15.0. The van der Waals surface area contributed by atoms with E-state index < -0.39 is 0 Å². The second-order valence-corrected chi connectivity index (χ2v) is 17.6. The van der Waals surface area contributed by atoms with E-state index in [4.69, 9.17) is 0 Å². The average Bonchev–Trinajstić information content (AvgIpc) is 3.61. The highest BCUT2D eigenvalue weighted by Gasteiger charge is 2.34. The van der Waals surface area contributed by atoms with Crippen molar-refractivity contribution in [1.29, 1.82) is 0 Å². The summed E-state index contributed by atoms with van der Waals surface area (Å²) in [4.78, 5) is 13.4. The largest absolute Gasteiger partial charge is 0.213 e. The van der Waals surface area contributed by atoms with Gasteiger partial charge in [-0.2, -0.15) is 0 Å². The number of benzene rings is 9. The Morgan fingerprint density at radius 3 is 1.13 bits per heavy atom. The summed E-state index contributed by atoms with van der Waals surface area (Å²) in [6.45, 7) is 15.0. The van der Waals surface area contributed by atoms with Crippen molar-refractivity contribution in [3.63, 3.8) is 0 Å². The topological polar surface area (TPSA) is 38.7 Å². The molecule has 0 unspecified atom stereocenters. The summed E-state index contributed by atoms with van der Waals surface area (Å²) < 4.78 is 0. The minimum Gasteiger partial charge on any atom is -0.213 e. The van der Waals surface area contributed by atoms with Crippen molar-refractivity contribution in [2.45, 2.75) is 53.9 Å². The molecule has 10 aromatic rings. The van der Waals surface area contributed by atoms with Crippen LogP contribution in [0.3, 0.4) is 0 Å². The van der Waals surface area contributed by atoms with Gasteiger partial charge >= 0.3 is 0 Å². The summed E-state index contributed by atoms with van der Waals surface area (Å²) in [5.74, 6) is 2.16. The maximum atomic E-state index is 4.55. The maximum absolute atomic E-state index is 4.55. The molecule has 1 aromatic heterocycles. The van der Waals surface area contributed by atoms with Crippen LogP contribution in [0.5, 0.6) is 0 Å². The summed E-state index contributed by atoms with van der Waals surface area (Å²) in [6.07, 6.45) is 0. The van der Waals surface area contributed by atoms with Crippen LogP contribution in [-0.2, 0) is 5.41 Å². The van der Waals surface area contributed by atoms with Gasteiger partial charge in [-0.3, -0.25) is 0 Å². The predicted octanol–water partition coefficient (Wildman–Crippen LogP) is 17.1. The monoisotopic (exact) mass is 883 g/mol. The van der Waals surface area contributed by atoms with Crippen molar-refractivity contribution in [2.75, 3.05) is 0 Å². The predicted molar refractivity (Wildman–Crippen MR) is 289 cm³/mol. The lowest BCUT2D eigenvalue weighted by molar-refractivity contribution is 0.660. The van der Waals surface area contributed by atoms with Gasteiger partial charge in [-0.1, -0.05) is 279 Å². The normalized spacial score (nSPS) is 11.3. The second-order valence-electron chi connectivity index (χ2n) is 17.6. The number of aromatic nitrogens is 3. The minimum atomic E-state index is 0.151. The van der Waals surface area contributed by atoms with Gasteiger partial charge in [0.05, 0.1) is 0 Å². The lowest BCUT2D eigenvalue weighted by Gasteiger charge is -2.21. The Labute approximate surface area is 405 Å². The van der Waals surface area contributed by atoms with Gasteiger partial charge in [-0.25, -0.2) is 15.0 Å². The molecule has 1 aliphatic carbocycles. The van der Waals surface area contributed by atoms with Crippen molar-refractivity contribution in [3.8, 4) is 56.2 Å². The second kappa shape index (κ2) is 23.4. The van der Waals surface area contributed by atoms with Crippen LogP contribution in [0.15, 0.2) is 243 Å². The fraction of sp³-hybridized carbons (Fsp3) is 0.123. The Morgan fingerprint density at radius 1 is 0.265 bits per heavy atom. The molecule has 1 aliphatic rings. The first-order valence-electron chi connectivity index (χ1n) is 23.4. The first kappa shape index (κ1) is 47.9. The number of aryl methyl sites for hydroxylation is 5. The van der Waals surface area contributed by atoms with E-state index in [2.05, 4.69) is 208 Å². The lowest BCUT2D eigenvalue weighted by Crippen LogP contribution is -2.14. The van der Waals surface area contributed by atoms with E-state index in [1.165, 1.54) is 66.8 Å². The van der Waals surface area contributed by atoms with Crippen LogP contribution in [0.4, 0.5) is 0 Å². The van der Waals surface area contributed by atoms with Crippen LogP contribution in [0, 0.1) is 34.6 Å². The van der Waals surface area contributed by atoms with E-state index in [0.29, 0.717) is 11.6 Å². The molecule has 0 saturated heterocycles. The maximum Gasteiger partial charge on any atom is 0.163 e. The molecule has 3 heteroatoms. The average molecular weight is 884 g/mol. The first-order valence-corrected chi connectivity index (χ1v) is 23.4. The van der Waals surface area contributed by atoms with Crippen LogP contribution in [-0.4, -0.2) is 15.0 Å². The summed E-state index contributed by atoms with van der Waals surface area (Å²) >= 11 is 0. The van der Waals surface area contributed by atoms with Crippen LogP contribution in [0.1, 0.15) is 53.1 Å². The number of fused-ring (bicyclic) bond motifs is 3. The number of nitrogens with zero attached hydrogens (tertiary/aromatic N) is 3. The van der Waals surface area contributed by atoms with Crippen LogP contribution >= 0.6 is 0 Å². The zero-order valence-corrected chi connectivity index (χ0v) is 40.4. The SMILES string of the molecule is Cc1ccc(-c2ccccc2)cc1.Cc1ccc2c(c1)C(C)(C)c1ccccc1-2.Cc1cccc(-c2ccccc2)c1.Cc1ccccc1.Cc1nc(-c2ccccc2)nc(-c2ccccc2)n1. The van der Waals surface area contributed by atoms with Gasteiger partial charge < -0.3 is 0 Å². The molecule has 9 aromatic carbocycles. The van der Waals surface area contributed by atoms with Crippen molar-refractivity contribution in [3.05, 3.63) is 282 Å². The fourth-order valence-corrected chi connectivity index (χ4v) is 8.10. The van der Waals surface area contributed by atoms with Gasteiger partial charge in [-0.15, -0.1) is 0 Å². The van der Waals surface area contributed by atoms with Crippen molar-refractivity contribution >= 4 is 0 Å². The smallest absolute Gasteiger partial charge is 0.163 e. The highest BCUT2D eigenvalue weighted by Crippen LogP contribution is 2.48. The van der Waals surface area contributed by atoms with E-state index in [1.54, 1.807) is 0 Å². The summed E-state index contributed by atoms with van der Waals surface area (Å²) in [5, 5.41) is 0. The molecular weight excluding hydrogens is 823 g/mol. The van der Waals surface area contributed by atoms with E-state index in [0.717, 1.165) is 17.0 Å². The lowest BCUT2D eigenvalue weighted by atomic mass is 9.82. The van der Waals surface area contributed by atoms with Gasteiger partial charge in [0.1, 0.15) is 5.82 Å². The molecule has 11 rings (SSSR count). The third kappa shape index (κ3) is 13.1. The molecule has 1 heterocycles. The molecule has 0 spiro atoms. The Morgan fingerprint density at radius 2 is 0.632 bits per heavy atom. The summed E-state index contributed by atoms with van der Waals surface area (Å²) in [6, 6.07) is 83.7. The molecule has 68 heavy (non-hydrogen) atoms. The molecule has 0 saturated carbocycles. The van der Waals surface area contributed by atoms with Crippen LogP contribution < -0.4 is 0 Å². The Bertz CT molecular complexity index is 3030. The number of rotatable bonds is 4. The summed E-state index contributed by atoms with van der Waals surface area (Å²) in [5.41, 5.74) is 18.3. The van der Waals surface area contributed by atoms with Crippen molar-refractivity contribution in [1.82, 2.24) is 15.0 Å². The standard InChI is InChI=1S/C16H13N3.C16H16.2C13H12.C7H8/c1-12-17-15(13-8-4-2-5-9-13)19-16(18-12)14-10-6-3-7-11-14;1-11-8-9-13-12-6-4-5-7-14(12)16(2,3)15(13)10-11;1-11-6-5-9-13(10-11)12-7-3-2-4-8-12;1-11-7-9-13(10-8-11)12-5-3-2-4-6-12;1-7-5-3-2-4-6-7/h2-11H,1H3;4-10H,1-3H3;2*2-10H,1H3;2-6H,1H3. The number of hydrogen-bond donors (Lipinski definition) is 0. The van der Waals surface area contributed by atoms with E-state index in [9.17, 15) is 0 Å². The first-order chi connectivity index (χ1) is 33.0. The molecule has 0 amide bonds. The third-order valence-electron chi connectivity index (χ3n) is 11.8. The Kier molecular flexibility index (Phi) is 16.5. The van der Waals surface area contributed by atoms with Crippen molar-refractivity contribution in [2.24, 2.45) is 0 Å². The molecule has 0 radical (unpaired) electrons.